The lowest BCUT2D eigenvalue weighted by Crippen LogP contribution is -2.44. The molecule has 18 heavy (non-hydrogen) atoms. The molecule has 0 spiro atoms. The van der Waals surface area contributed by atoms with E-state index in [1.54, 1.807) is 0 Å². The van der Waals surface area contributed by atoms with Crippen molar-refractivity contribution in [3.8, 4) is 0 Å². The van der Waals surface area contributed by atoms with Gasteiger partial charge >= 0.3 is 5.97 Å². The SMILES string of the molecule is O=C(O)c1ccncc1NC1(CO)CCCCC1. The first-order chi connectivity index (χ1) is 8.67. The van der Waals surface area contributed by atoms with Crippen molar-refractivity contribution in [1.82, 2.24) is 4.98 Å². The van der Waals surface area contributed by atoms with Crippen LogP contribution in [0.15, 0.2) is 18.5 Å². The van der Waals surface area contributed by atoms with Crippen molar-refractivity contribution >= 4 is 11.7 Å². The summed E-state index contributed by atoms with van der Waals surface area (Å²) < 4.78 is 0. The zero-order valence-electron chi connectivity index (χ0n) is 10.2. The summed E-state index contributed by atoms with van der Waals surface area (Å²) in [6.45, 7) is 0.0148. The Morgan fingerprint density at radius 1 is 1.39 bits per heavy atom. The molecule has 1 fully saturated rings. The van der Waals surface area contributed by atoms with Gasteiger partial charge in [0.15, 0.2) is 0 Å². The zero-order valence-corrected chi connectivity index (χ0v) is 10.2. The van der Waals surface area contributed by atoms with Crippen LogP contribution in [-0.4, -0.2) is 33.3 Å². The van der Waals surface area contributed by atoms with Crippen molar-refractivity contribution in [3.63, 3.8) is 0 Å². The van der Waals surface area contributed by atoms with E-state index < -0.39 is 11.5 Å². The lowest BCUT2D eigenvalue weighted by Gasteiger charge is -2.37. The van der Waals surface area contributed by atoms with Crippen molar-refractivity contribution in [2.75, 3.05) is 11.9 Å². The summed E-state index contributed by atoms with van der Waals surface area (Å²) in [6.07, 6.45) is 7.96. The molecule has 0 unspecified atom stereocenters. The van der Waals surface area contributed by atoms with Crippen molar-refractivity contribution < 1.29 is 15.0 Å². The molecule has 0 aromatic carbocycles. The van der Waals surface area contributed by atoms with E-state index in [4.69, 9.17) is 5.11 Å². The number of hydrogen-bond donors (Lipinski definition) is 3. The Bertz CT molecular complexity index is 428. The molecule has 0 saturated heterocycles. The molecule has 1 aliphatic rings. The van der Waals surface area contributed by atoms with Crippen LogP contribution in [0.3, 0.4) is 0 Å². The minimum Gasteiger partial charge on any atom is -0.478 e. The molecule has 5 nitrogen and oxygen atoms in total. The number of carbonyl (C=O) groups is 1. The van der Waals surface area contributed by atoms with Gasteiger partial charge in [-0.1, -0.05) is 19.3 Å². The molecular formula is C13H18N2O3. The summed E-state index contributed by atoms with van der Waals surface area (Å²) in [5.74, 6) is -0.983. The fourth-order valence-electron chi connectivity index (χ4n) is 2.52. The summed E-state index contributed by atoms with van der Waals surface area (Å²) >= 11 is 0. The average Bonchev–Trinajstić information content (AvgIpc) is 2.40. The largest absolute Gasteiger partial charge is 0.478 e. The Morgan fingerprint density at radius 2 is 2.11 bits per heavy atom. The Kier molecular flexibility index (Phi) is 3.81. The predicted octanol–water partition coefficient (Wildman–Crippen LogP) is 1.89. The smallest absolute Gasteiger partial charge is 0.337 e. The van der Waals surface area contributed by atoms with Crippen LogP contribution in [0.4, 0.5) is 5.69 Å². The van der Waals surface area contributed by atoms with Crippen LogP contribution in [0.2, 0.25) is 0 Å². The lowest BCUT2D eigenvalue weighted by molar-refractivity contribution is 0.0697. The number of aromatic nitrogens is 1. The molecule has 1 saturated carbocycles. The van der Waals surface area contributed by atoms with Crippen LogP contribution in [0.1, 0.15) is 42.5 Å². The van der Waals surface area contributed by atoms with Crippen LogP contribution in [0, 0.1) is 0 Å². The van der Waals surface area contributed by atoms with E-state index >= 15 is 0 Å². The first-order valence-corrected chi connectivity index (χ1v) is 6.23. The first kappa shape index (κ1) is 12.8. The number of carboxylic acids is 1. The fraction of sp³-hybridized carbons (Fsp3) is 0.538. The number of anilines is 1. The third kappa shape index (κ3) is 2.61. The molecule has 1 aromatic heterocycles. The summed E-state index contributed by atoms with van der Waals surface area (Å²) in [5.41, 5.74) is 0.287. The fourth-order valence-corrected chi connectivity index (χ4v) is 2.52. The summed E-state index contributed by atoms with van der Waals surface area (Å²) in [7, 11) is 0. The monoisotopic (exact) mass is 250 g/mol. The Balaban J connectivity index is 2.24. The maximum absolute atomic E-state index is 11.1. The first-order valence-electron chi connectivity index (χ1n) is 6.23. The maximum atomic E-state index is 11.1. The number of aromatic carboxylic acids is 1. The van der Waals surface area contributed by atoms with Gasteiger partial charge in [0.2, 0.25) is 0 Å². The van der Waals surface area contributed by atoms with E-state index in [1.165, 1.54) is 24.9 Å². The lowest BCUT2D eigenvalue weighted by atomic mass is 9.82. The van der Waals surface area contributed by atoms with Gasteiger partial charge in [-0.3, -0.25) is 4.98 Å². The van der Waals surface area contributed by atoms with Gasteiger partial charge in [0.25, 0.3) is 0 Å². The molecule has 1 aromatic rings. The standard InChI is InChI=1S/C13H18N2O3/c16-9-13(5-2-1-3-6-13)15-11-8-14-7-4-10(11)12(17)18/h4,7-8,15-16H,1-3,5-6,9H2,(H,17,18). The van der Waals surface area contributed by atoms with Crippen LogP contribution < -0.4 is 5.32 Å². The molecular weight excluding hydrogens is 232 g/mol. The molecule has 0 radical (unpaired) electrons. The second-order valence-electron chi connectivity index (χ2n) is 4.85. The van der Waals surface area contributed by atoms with Gasteiger partial charge < -0.3 is 15.5 Å². The second-order valence-corrected chi connectivity index (χ2v) is 4.85. The number of carboxylic acid groups (broad SMARTS) is 1. The van der Waals surface area contributed by atoms with Gasteiger partial charge in [0.1, 0.15) is 0 Å². The number of rotatable bonds is 4. The van der Waals surface area contributed by atoms with Crippen molar-refractivity contribution in [1.29, 1.82) is 0 Å². The normalized spacial score (nSPS) is 18.3. The molecule has 0 aliphatic heterocycles. The number of nitrogens with zero attached hydrogens (tertiary/aromatic N) is 1. The molecule has 0 atom stereocenters. The number of aliphatic hydroxyl groups excluding tert-OH is 1. The van der Waals surface area contributed by atoms with Crippen molar-refractivity contribution in [2.45, 2.75) is 37.6 Å². The number of nitrogens with one attached hydrogen (secondary N) is 1. The Hall–Kier alpha value is -1.62. The van der Waals surface area contributed by atoms with Crippen LogP contribution in [0.5, 0.6) is 0 Å². The van der Waals surface area contributed by atoms with E-state index in [2.05, 4.69) is 10.3 Å². The molecule has 0 amide bonds. The molecule has 2 rings (SSSR count). The Morgan fingerprint density at radius 3 is 2.72 bits per heavy atom. The van der Waals surface area contributed by atoms with Gasteiger partial charge in [0, 0.05) is 6.20 Å². The Labute approximate surface area is 106 Å². The van der Waals surface area contributed by atoms with Gasteiger partial charge in [-0.15, -0.1) is 0 Å². The highest BCUT2D eigenvalue weighted by Gasteiger charge is 2.32. The average molecular weight is 250 g/mol. The predicted molar refractivity (Wildman–Crippen MR) is 67.7 cm³/mol. The highest BCUT2D eigenvalue weighted by molar-refractivity contribution is 5.94. The van der Waals surface area contributed by atoms with Crippen LogP contribution in [0.25, 0.3) is 0 Å². The van der Waals surface area contributed by atoms with Gasteiger partial charge in [-0.05, 0) is 18.9 Å². The van der Waals surface area contributed by atoms with E-state index in [-0.39, 0.29) is 12.2 Å². The maximum Gasteiger partial charge on any atom is 0.337 e. The van der Waals surface area contributed by atoms with Crippen LogP contribution in [-0.2, 0) is 0 Å². The summed E-state index contributed by atoms with van der Waals surface area (Å²) in [6, 6.07) is 1.47. The molecule has 1 heterocycles. The van der Waals surface area contributed by atoms with E-state index in [0.29, 0.717) is 5.69 Å². The minimum atomic E-state index is -0.983. The summed E-state index contributed by atoms with van der Waals surface area (Å²) in [5, 5.41) is 21.9. The molecule has 3 N–H and O–H groups in total. The molecule has 0 bridgehead atoms. The quantitative estimate of drug-likeness (QED) is 0.760. The number of hydrogen-bond acceptors (Lipinski definition) is 4. The summed E-state index contributed by atoms with van der Waals surface area (Å²) in [4.78, 5) is 15.1. The number of pyridine rings is 1. The topological polar surface area (TPSA) is 82.5 Å². The van der Waals surface area contributed by atoms with E-state index in [9.17, 15) is 9.90 Å². The van der Waals surface area contributed by atoms with Crippen molar-refractivity contribution in [3.05, 3.63) is 24.0 Å². The third-order valence-electron chi connectivity index (χ3n) is 3.56. The highest BCUT2D eigenvalue weighted by Crippen LogP contribution is 2.32. The number of aliphatic hydroxyl groups is 1. The van der Waals surface area contributed by atoms with Crippen LogP contribution >= 0.6 is 0 Å². The van der Waals surface area contributed by atoms with Gasteiger partial charge in [0.05, 0.1) is 29.6 Å². The third-order valence-corrected chi connectivity index (χ3v) is 3.56. The van der Waals surface area contributed by atoms with Gasteiger partial charge in [-0.25, -0.2) is 4.79 Å². The molecule has 98 valence electrons. The molecule has 5 heteroatoms. The van der Waals surface area contributed by atoms with E-state index in [0.717, 1.165) is 25.7 Å². The zero-order chi connectivity index (χ0) is 13.0. The highest BCUT2D eigenvalue weighted by atomic mass is 16.4. The van der Waals surface area contributed by atoms with E-state index in [1.807, 2.05) is 0 Å². The molecule has 1 aliphatic carbocycles. The van der Waals surface area contributed by atoms with Crippen molar-refractivity contribution in [2.24, 2.45) is 0 Å². The minimum absolute atomic E-state index is 0.0148. The second kappa shape index (κ2) is 5.35. The van der Waals surface area contributed by atoms with Gasteiger partial charge in [-0.2, -0.15) is 0 Å².